The quantitative estimate of drug-likeness (QED) is 0.590. The Morgan fingerprint density at radius 1 is 0.964 bits per heavy atom. The molecule has 0 fully saturated rings. The molecule has 2 aromatic rings. The van der Waals surface area contributed by atoms with E-state index >= 15 is 0 Å². The largest absolute Gasteiger partial charge is 0.494 e. The van der Waals surface area contributed by atoms with Crippen molar-refractivity contribution in [2.45, 2.75) is 32.1 Å². The predicted molar refractivity (Wildman–Crippen MR) is 113 cm³/mol. The fraction of sp³-hybridized carbons (Fsp3) is 0.304. The number of thioether (sulfide) groups is 1. The molecule has 2 amide bonds. The lowest BCUT2D eigenvalue weighted by Crippen LogP contribution is -2.34. The molecule has 2 aromatic carbocycles. The minimum atomic E-state index is -0.223. The summed E-state index contributed by atoms with van der Waals surface area (Å²) in [5, 5.41) is 0. The minimum Gasteiger partial charge on any atom is -0.494 e. The maximum absolute atomic E-state index is 13.1. The fourth-order valence-corrected chi connectivity index (χ4v) is 4.01. The van der Waals surface area contributed by atoms with Gasteiger partial charge >= 0.3 is 0 Å². The van der Waals surface area contributed by atoms with Crippen molar-refractivity contribution < 1.29 is 14.3 Å². The Morgan fingerprint density at radius 3 is 2.25 bits per heavy atom. The van der Waals surface area contributed by atoms with Crippen LogP contribution in [0.4, 0.5) is 0 Å². The molecule has 146 valence electrons. The van der Waals surface area contributed by atoms with Crippen molar-refractivity contribution >= 4 is 29.1 Å². The monoisotopic (exact) mass is 395 g/mol. The molecule has 0 unspecified atom stereocenters. The van der Waals surface area contributed by atoms with Gasteiger partial charge in [0, 0.05) is 11.4 Å². The second-order valence-corrected chi connectivity index (χ2v) is 8.19. The molecule has 0 aliphatic carbocycles. The average Bonchev–Trinajstić information content (AvgIpc) is 2.92. The lowest BCUT2D eigenvalue weighted by atomic mass is 10.1. The lowest BCUT2D eigenvalue weighted by Gasteiger charge is -2.17. The molecule has 0 saturated heterocycles. The number of nitrogens with zero attached hydrogens (tertiary/aromatic N) is 1. The van der Waals surface area contributed by atoms with Crippen LogP contribution in [-0.4, -0.2) is 29.9 Å². The van der Waals surface area contributed by atoms with Crippen molar-refractivity contribution in [3.63, 3.8) is 0 Å². The Hall–Kier alpha value is -2.53. The van der Waals surface area contributed by atoms with Crippen LogP contribution in [0.3, 0.4) is 0 Å². The SMILES string of the molecule is CCCOc1ccc(C2=C(Sc3ccccc3)C(=O)N(CC(C)C)C2=O)cc1. The van der Waals surface area contributed by atoms with Gasteiger partial charge in [0.15, 0.2) is 0 Å². The van der Waals surface area contributed by atoms with Crippen LogP contribution in [0.2, 0.25) is 0 Å². The van der Waals surface area contributed by atoms with E-state index in [1.54, 1.807) is 0 Å². The summed E-state index contributed by atoms with van der Waals surface area (Å²) in [6.07, 6.45) is 0.932. The Bertz CT molecular complexity index is 872. The van der Waals surface area contributed by atoms with E-state index in [-0.39, 0.29) is 17.7 Å². The van der Waals surface area contributed by atoms with Crippen molar-refractivity contribution in [1.82, 2.24) is 4.90 Å². The summed E-state index contributed by atoms with van der Waals surface area (Å²) >= 11 is 1.35. The number of benzene rings is 2. The van der Waals surface area contributed by atoms with E-state index in [0.29, 0.717) is 23.6 Å². The molecule has 0 spiro atoms. The van der Waals surface area contributed by atoms with Crippen LogP contribution in [0.25, 0.3) is 5.57 Å². The molecule has 0 saturated carbocycles. The highest BCUT2D eigenvalue weighted by Gasteiger charge is 2.39. The van der Waals surface area contributed by atoms with Gasteiger partial charge in [-0.05, 0) is 42.2 Å². The summed E-state index contributed by atoms with van der Waals surface area (Å²) < 4.78 is 5.63. The van der Waals surface area contributed by atoms with Crippen molar-refractivity contribution in [2.24, 2.45) is 5.92 Å². The molecule has 0 bridgehead atoms. The molecule has 1 aliphatic rings. The number of hydrogen-bond acceptors (Lipinski definition) is 4. The molecular weight excluding hydrogens is 370 g/mol. The number of hydrogen-bond donors (Lipinski definition) is 0. The van der Waals surface area contributed by atoms with E-state index in [4.69, 9.17) is 4.74 Å². The normalized spacial score (nSPS) is 14.4. The number of carbonyl (C=O) groups excluding carboxylic acids is 2. The second kappa shape index (κ2) is 9.11. The van der Waals surface area contributed by atoms with E-state index in [2.05, 4.69) is 6.92 Å². The highest BCUT2D eigenvalue weighted by molar-refractivity contribution is 8.04. The summed E-state index contributed by atoms with van der Waals surface area (Å²) in [6, 6.07) is 17.1. The van der Waals surface area contributed by atoms with Crippen LogP contribution in [0, 0.1) is 5.92 Å². The van der Waals surface area contributed by atoms with Gasteiger partial charge in [-0.25, -0.2) is 0 Å². The first kappa shape index (κ1) is 20.2. The lowest BCUT2D eigenvalue weighted by molar-refractivity contribution is -0.137. The zero-order valence-corrected chi connectivity index (χ0v) is 17.3. The van der Waals surface area contributed by atoms with E-state index in [1.807, 2.05) is 68.4 Å². The van der Waals surface area contributed by atoms with Gasteiger partial charge in [0.1, 0.15) is 5.75 Å². The van der Waals surface area contributed by atoms with Gasteiger partial charge in [-0.2, -0.15) is 0 Å². The van der Waals surface area contributed by atoms with Gasteiger partial charge < -0.3 is 4.74 Å². The zero-order chi connectivity index (χ0) is 20.1. The first-order valence-corrected chi connectivity index (χ1v) is 10.4. The highest BCUT2D eigenvalue weighted by Crippen LogP contribution is 2.40. The molecular formula is C23H25NO3S. The van der Waals surface area contributed by atoms with E-state index in [9.17, 15) is 9.59 Å². The highest BCUT2D eigenvalue weighted by atomic mass is 32.2. The van der Waals surface area contributed by atoms with Crippen LogP contribution in [0.1, 0.15) is 32.8 Å². The first-order chi connectivity index (χ1) is 13.5. The molecule has 0 atom stereocenters. The molecule has 0 N–H and O–H groups in total. The fourth-order valence-electron chi connectivity index (χ4n) is 2.98. The first-order valence-electron chi connectivity index (χ1n) is 9.57. The van der Waals surface area contributed by atoms with Crippen molar-refractivity contribution in [1.29, 1.82) is 0 Å². The second-order valence-electron chi connectivity index (χ2n) is 7.11. The van der Waals surface area contributed by atoms with Crippen LogP contribution in [0.15, 0.2) is 64.4 Å². The summed E-state index contributed by atoms with van der Waals surface area (Å²) in [4.78, 5) is 29.0. The number of rotatable bonds is 8. The van der Waals surface area contributed by atoms with Gasteiger partial charge in [-0.1, -0.05) is 62.9 Å². The average molecular weight is 396 g/mol. The van der Waals surface area contributed by atoms with Gasteiger partial charge in [-0.15, -0.1) is 0 Å². The summed E-state index contributed by atoms with van der Waals surface area (Å²) in [5.74, 6) is 0.535. The zero-order valence-electron chi connectivity index (χ0n) is 16.5. The molecule has 3 rings (SSSR count). The van der Waals surface area contributed by atoms with Crippen molar-refractivity contribution in [3.05, 3.63) is 65.1 Å². The third-order valence-electron chi connectivity index (χ3n) is 4.25. The number of carbonyl (C=O) groups is 2. The minimum absolute atomic E-state index is 0.208. The van der Waals surface area contributed by atoms with Crippen LogP contribution < -0.4 is 4.74 Å². The Morgan fingerprint density at radius 2 is 1.64 bits per heavy atom. The van der Waals surface area contributed by atoms with Gasteiger partial charge in [0.05, 0.1) is 17.1 Å². The van der Waals surface area contributed by atoms with E-state index < -0.39 is 0 Å². The van der Waals surface area contributed by atoms with Gasteiger partial charge in [0.2, 0.25) is 0 Å². The van der Waals surface area contributed by atoms with E-state index in [0.717, 1.165) is 22.6 Å². The topological polar surface area (TPSA) is 46.6 Å². The molecule has 5 heteroatoms. The molecule has 0 aromatic heterocycles. The van der Waals surface area contributed by atoms with Gasteiger partial charge in [0.25, 0.3) is 11.8 Å². The molecule has 1 aliphatic heterocycles. The standard InChI is InChI=1S/C23H25NO3S/c1-4-14-27-18-12-10-17(11-13-18)20-21(28-19-8-6-5-7-9-19)23(26)24(22(20)25)15-16(2)3/h5-13,16H,4,14-15H2,1-3H3. The van der Waals surface area contributed by atoms with Crippen molar-refractivity contribution in [3.8, 4) is 5.75 Å². The Balaban J connectivity index is 1.97. The molecule has 1 heterocycles. The Kier molecular flexibility index (Phi) is 6.57. The summed E-state index contributed by atoms with van der Waals surface area (Å²) in [5.41, 5.74) is 1.22. The van der Waals surface area contributed by atoms with Crippen LogP contribution in [-0.2, 0) is 9.59 Å². The number of ether oxygens (including phenoxy) is 1. The van der Waals surface area contributed by atoms with Crippen molar-refractivity contribution in [2.75, 3.05) is 13.2 Å². The summed E-state index contributed by atoms with van der Waals surface area (Å²) in [7, 11) is 0. The third-order valence-corrected chi connectivity index (χ3v) is 5.34. The molecule has 28 heavy (non-hydrogen) atoms. The van der Waals surface area contributed by atoms with Gasteiger partial charge in [-0.3, -0.25) is 14.5 Å². The van der Waals surface area contributed by atoms with Crippen LogP contribution in [0.5, 0.6) is 5.75 Å². The maximum atomic E-state index is 13.1. The third kappa shape index (κ3) is 4.47. The molecule has 4 nitrogen and oxygen atoms in total. The number of imide groups is 1. The predicted octanol–water partition coefficient (Wildman–Crippen LogP) is 5.00. The smallest absolute Gasteiger partial charge is 0.268 e. The van der Waals surface area contributed by atoms with Crippen LogP contribution >= 0.6 is 11.8 Å². The Labute approximate surface area is 170 Å². The summed E-state index contributed by atoms with van der Waals surface area (Å²) in [6.45, 7) is 7.12. The number of amides is 2. The van der Waals surface area contributed by atoms with E-state index in [1.165, 1.54) is 16.7 Å². The maximum Gasteiger partial charge on any atom is 0.268 e. The molecule has 0 radical (unpaired) electrons.